The lowest BCUT2D eigenvalue weighted by Gasteiger charge is -2.18. The van der Waals surface area contributed by atoms with E-state index in [-0.39, 0.29) is 10.7 Å². The minimum atomic E-state index is -4.55. The number of hydrogen-bond acceptors (Lipinski definition) is 4. The van der Waals surface area contributed by atoms with Crippen LogP contribution in [0.15, 0.2) is 53.7 Å². The molecule has 1 amide bonds. The van der Waals surface area contributed by atoms with Crippen LogP contribution in [0, 0.1) is 0 Å². The summed E-state index contributed by atoms with van der Waals surface area (Å²) in [6.45, 7) is 0. The third-order valence-corrected chi connectivity index (χ3v) is 6.54. The molecule has 1 aliphatic carbocycles. The van der Waals surface area contributed by atoms with E-state index in [1.165, 1.54) is 11.8 Å². The summed E-state index contributed by atoms with van der Waals surface area (Å²) in [6, 6.07) is 11.8. The Morgan fingerprint density at radius 2 is 1.90 bits per heavy atom. The van der Waals surface area contributed by atoms with E-state index in [1.807, 2.05) is 17.7 Å². The largest absolute Gasteiger partial charge is 0.416 e. The molecule has 2 aromatic carbocycles. The minimum absolute atomic E-state index is 0.0211. The number of carbonyl (C=O) groups excluding carboxylic acids is 1. The van der Waals surface area contributed by atoms with Crippen molar-refractivity contribution in [3.63, 3.8) is 0 Å². The monoisotopic (exact) mass is 466 g/mol. The van der Waals surface area contributed by atoms with E-state index in [2.05, 4.69) is 15.5 Å². The maximum absolute atomic E-state index is 13.2. The van der Waals surface area contributed by atoms with Gasteiger partial charge in [0.2, 0.25) is 5.91 Å². The number of rotatable bonds is 6. The van der Waals surface area contributed by atoms with Crippen molar-refractivity contribution in [2.24, 2.45) is 7.05 Å². The fraction of sp³-hybridized carbons (Fsp3) is 0.286. The molecule has 3 aromatic rings. The molecule has 1 saturated carbocycles. The van der Waals surface area contributed by atoms with Gasteiger partial charge in [0.1, 0.15) is 11.1 Å². The van der Waals surface area contributed by atoms with E-state index in [1.54, 1.807) is 24.3 Å². The predicted octanol–water partition coefficient (Wildman–Crippen LogP) is 5.84. The average molecular weight is 467 g/mol. The Morgan fingerprint density at radius 1 is 1.19 bits per heavy atom. The fourth-order valence-electron chi connectivity index (χ4n) is 3.13. The molecule has 1 N–H and O–H groups in total. The highest BCUT2D eigenvalue weighted by Gasteiger charge is 2.33. The Morgan fingerprint density at radius 3 is 2.55 bits per heavy atom. The van der Waals surface area contributed by atoms with Crippen molar-refractivity contribution < 1.29 is 18.0 Å². The number of carbonyl (C=O) groups is 1. The second-order valence-electron chi connectivity index (χ2n) is 7.26. The molecule has 31 heavy (non-hydrogen) atoms. The second kappa shape index (κ2) is 8.55. The molecule has 162 valence electrons. The summed E-state index contributed by atoms with van der Waals surface area (Å²) >= 11 is 7.25. The van der Waals surface area contributed by atoms with E-state index >= 15 is 0 Å². The van der Waals surface area contributed by atoms with Gasteiger partial charge in [-0.3, -0.25) is 4.79 Å². The van der Waals surface area contributed by atoms with Gasteiger partial charge in [-0.15, -0.1) is 10.2 Å². The van der Waals surface area contributed by atoms with Gasteiger partial charge < -0.3 is 9.88 Å². The van der Waals surface area contributed by atoms with E-state index < -0.39 is 22.9 Å². The molecule has 1 unspecified atom stereocenters. The first kappa shape index (κ1) is 21.7. The number of nitrogens with zero attached hydrogens (tertiary/aromatic N) is 3. The number of aromatic nitrogens is 3. The van der Waals surface area contributed by atoms with Gasteiger partial charge in [-0.25, -0.2) is 0 Å². The number of benzene rings is 2. The summed E-state index contributed by atoms with van der Waals surface area (Å²) in [5, 5.41) is 10.8. The smallest absolute Gasteiger partial charge is 0.323 e. The zero-order chi connectivity index (χ0) is 22.2. The molecule has 0 spiro atoms. The zero-order valence-electron chi connectivity index (χ0n) is 16.4. The summed E-state index contributed by atoms with van der Waals surface area (Å²) in [5.41, 5.74) is -0.304. The van der Waals surface area contributed by atoms with Gasteiger partial charge in [0.25, 0.3) is 0 Å². The highest BCUT2D eigenvalue weighted by atomic mass is 35.5. The topological polar surface area (TPSA) is 59.8 Å². The first-order valence-electron chi connectivity index (χ1n) is 9.52. The van der Waals surface area contributed by atoms with Crippen LogP contribution in [-0.2, 0) is 18.0 Å². The van der Waals surface area contributed by atoms with Gasteiger partial charge in [-0.05, 0) is 36.6 Å². The Balaban J connectivity index is 1.62. The van der Waals surface area contributed by atoms with Crippen LogP contribution in [0.4, 0.5) is 18.9 Å². The van der Waals surface area contributed by atoms with E-state index in [0.29, 0.717) is 16.6 Å². The second-order valence-corrected chi connectivity index (χ2v) is 8.74. The minimum Gasteiger partial charge on any atom is -0.323 e. The maximum Gasteiger partial charge on any atom is 0.416 e. The molecule has 0 bridgehead atoms. The Bertz CT molecular complexity index is 1100. The first-order chi connectivity index (χ1) is 14.7. The van der Waals surface area contributed by atoms with E-state index in [9.17, 15) is 18.0 Å². The van der Waals surface area contributed by atoms with Crippen LogP contribution in [-0.4, -0.2) is 20.7 Å². The van der Waals surface area contributed by atoms with Gasteiger partial charge >= 0.3 is 6.18 Å². The first-order valence-corrected chi connectivity index (χ1v) is 10.8. The van der Waals surface area contributed by atoms with Gasteiger partial charge in [-0.1, -0.05) is 53.7 Å². The van der Waals surface area contributed by atoms with Crippen LogP contribution in [0.3, 0.4) is 0 Å². The Hall–Kier alpha value is -2.52. The summed E-state index contributed by atoms with van der Waals surface area (Å²) in [5.74, 6) is 0.754. The van der Waals surface area contributed by atoms with Gasteiger partial charge in [0.15, 0.2) is 5.16 Å². The van der Waals surface area contributed by atoms with Crippen LogP contribution >= 0.6 is 23.4 Å². The maximum atomic E-state index is 13.2. The van der Waals surface area contributed by atoms with Crippen molar-refractivity contribution in [3.05, 3.63) is 70.5 Å². The summed E-state index contributed by atoms with van der Waals surface area (Å²) in [6.07, 6.45) is -2.42. The standard InChI is InChI=1S/C21H18ClF3N4OS/c1-29-18(13-7-8-13)27-28-20(29)31-17(12-5-3-2-4-6-12)19(30)26-16-11-14(21(23,24)25)9-10-15(16)22/h2-6,9-11,13,17H,7-8H2,1H3,(H,26,30). The summed E-state index contributed by atoms with van der Waals surface area (Å²) in [4.78, 5) is 13.2. The third-order valence-electron chi connectivity index (χ3n) is 4.93. The molecule has 1 atom stereocenters. The molecule has 1 aliphatic rings. The van der Waals surface area contributed by atoms with Crippen molar-refractivity contribution >= 4 is 35.0 Å². The average Bonchev–Trinajstić information content (AvgIpc) is 3.51. The molecule has 0 saturated heterocycles. The highest BCUT2D eigenvalue weighted by molar-refractivity contribution is 8.00. The zero-order valence-corrected chi connectivity index (χ0v) is 17.9. The van der Waals surface area contributed by atoms with Crippen molar-refractivity contribution in [1.29, 1.82) is 0 Å². The van der Waals surface area contributed by atoms with Crippen LogP contribution in [0.25, 0.3) is 0 Å². The van der Waals surface area contributed by atoms with Crippen molar-refractivity contribution in [2.75, 3.05) is 5.32 Å². The van der Waals surface area contributed by atoms with Gasteiger partial charge in [0.05, 0.1) is 16.3 Å². The van der Waals surface area contributed by atoms with Crippen molar-refractivity contribution in [2.45, 2.75) is 35.3 Å². The quantitative estimate of drug-likeness (QED) is 0.464. The summed E-state index contributed by atoms with van der Waals surface area (Å²) in [7, 11) is 1.85. The molecule has 1 aromatic heterocycles. The Kier molecular flexibility index (Phi) is 5.98. The lowest BCUT2D eigenvalue weighted by atomic mass is 10.1. The molecular formula is C21H18ClF3N4OS. The van der Waals surface area contributed by atoms with Gasteiger partial charge in [-0.2, -0.15) is 13.2 Å². The molecule has 1 fully saturated rings. The predicted molar refractivity (Wildman–Crippen MR) is 113 cm³/mol. The number of anilines is 1. The molecular weight excluding hydrogens is 449 g/mol. The van der Waals surface area contributed by atoms with E-state index in [4.69, 9.17) is 11.6 Å². The lowest BCUT2D eigenvalue weighted by molar-refractivity contribution is -0.137. The molecule has 0 aliphatic heterocycles. The van der Waals surface area contributed by atoms with Crippen LogP contribution in [0.5, 0.6) is 0 Å². The number of hydrogen-bond donors (Lipinski definition) is 1. The van der Waals surface area contributed by atoms with Crippen LogP contribution < -0.4 is 5.32 Å². The number of halogens is 4. The molecule has 10 heteroatoms. The third kappa shape index (κ3) is 4.88. The number of thioether (sulfide) groups is 1. The van der Waals surface area contributed by atoms with E-state index in [0.717, 1.165) is 36.9 Å². The number of amides is 1. The van der Waals surface area contributed by atoms with Gasteiger partial charge in [0, 0.05) is 13.0 Å². The van der Waals surface area contributed by atoms with Crippen LogP contribution in [0.2, 0.25) is 5.02 Å². The molecule has 4 rings (SSSR count). The van der Waals surface area contributed by atoms with Crippen LogP contribution in [0.1, 0.15) is 41.0 Å². The van der Waals surface area contributed by atoms with Crippen molar-refractivity contribution in [3.8, 4) is 0 Å². The Labute approximate surface area is 186 Å². The number of alkyl halides is 3. The normalized spacial score (nSPS) is 15.0. The highest BCUT2D eigenvalue weighted by Crippen LogP contribution is 2.42. The summed E-state index contributed by atoms with van der Waals surface area (Å²) < 4.78 is 41.1. The molecule has 5 nitrogen and oxygen atoms in total. The molecule has 1 heterocycles. The molecule has 0 radical (unpaired) electrons. The SMILES string of the molecule is Cn1c(SC(C(=O)Nc2cc(C(F)(F)F)ccc2Cl)c2ccccc2)nnc1C1CC1. The fourth-order valence-corrected chi connectivity index (χ4v) is 4.30. The lowest BCUT2D eigenvalue weighted by Crippen LogP contribution is -2.20. The van der Waals surface area contributed by atoms with Crippen molar-refractivity contribution in [1.82, 2.24) is 14.8 Å². The number of nitrogens with one attached hydrogen (secondary N) is 1.